The van der Waals surface area contributed by atoms with Gasteiger partial charge in [-0.15, -0.1) is 0 Å². The molecule has 1 atom stereocenters. The number of pyridine rings is 1. The maximum Gasteiger partial charge on any atom is 0.254 e. The average Bonchev–Trinajstić information content (AvgIpc) is 2.71. The lowest BCUT2D eigenvalue weighted by Crippen LogP contribution is -2.42. The van der Waals surface area contributed by atoms with Crippen LogP contribution in [0.15, 0.2) is 65.5 Å². The van der Waals surface area contributed by atoms with E-state index in [1.54, 1.807) is 16.5 Å². The van der Waals surface area contributed by atoms with Crippen LogP contribution in [0.2, 0.25) is 0 Å². The average molecular weight is 348 g/mol. The van der Waals surface area contributed by atoms with Crippen LogP contribution in [0.5, 0.6) is 0 Å². The smallest absolute Gasteiger partial charge is 0.254 e. The lowest BCUT2D eigenvalue weighted by Gasteiger charge is -2.33. The van der Waals surface area contributed by atoms with Gasteiger partial charge in [0.2, 0.25) is 0 Å². The quantitative estimate of drug-likeness (QED) is 0.716. The first-order valence-electron chi connectivity index (χ1n) is 8.70. The fraction of sp³-hybridized carbons (Fsp3) is 0.238. The van der Waals surface area contributed by atoms with E-state index in [1.165, 1.54) is 6.07 Å². The summed E-state index contributed by atoms with van der Waals surface area (Å²) in [6, 6.07) is 18.8. The number of amides is 1. The third-order valence-corrected chi connectivity index (χ3v) is 4.91. The fourth-order valence-corrected chi connectivity index (χ4v) is 3.46. The molecule has 5 heteroatoms. The number of nitrogens with zero attached hydrogens (tertiary/aromatic N) is 2. The Bertz CT molecular complexity index is 1010. The Labute approximate surface area is 151 Å². The van der Waals surface area contributed by atoms with E-state index in [4.69, 9.17) is 4.74 Å². The summed E-state index contributed by atoms with van der Waals surface area (Å²) < 4.78 is 7.42. The van der Waals surface area contributed by atoms with E-state index in [0.717, 1.165) is 16.5 Å². The number of para-hydroxylation sites is 1. The number of morpholine rings is 1. The molecule has 3 aromatic rings. The van der Waals surface area contributed by atoms with Crippen LogP contribution < -0.4 is 5.56 Å². The monoisotopic (exact) mass is 348 g/mol. The van der Waals surface area contributed by atoms with Gasteiger partial charge >= 0.3 is 0 Å². The minimum atomic E-state index is -0.181. The molecule has 1 aromatic heterocycles. The lowest BCUT2D eigenvalue weighted by atomic mass is 10.0. The molecule has 5 nitrogen and oxygen atoms in total. The van der Waals surface area contributed by atoms with Crippen molar-refractivity contribution in [3.63, 3.8) is 0 Å². The number of carbonyl (C=O) groups excluding carboxylic acids is 1. The van der Waals surface area contributed by atoms with Crippen LogP contribution in [0.4, 0.5) is 0 Å². The van der Waals surface area contributed by atoms with Crippen molar-refractivity contribution in [1.29, 1.82) is 0 Å². The van der Waals surface area contributed by atoms with E-state index < -0.39 is 0 Å². The first-order valence-corrected chi connectivity index (χ1v) is 8.70. The van der Waals surface area contributed by atoms with Crippen LogP contribution in [0.3, 0.4) is 0 Å². The molecule has 1 fully saturated rings. The van der Waals surface area contributed by atoms with Gasteiger partial charge in [0.1, 0.15) is 6.10 Å². The third kappa shape index (κ3) is 2.91. The molecule has 1 unspecified atom stereocenters. The van der Waals surface area contributed by atoms with Gasteiger partial charge in [-0.05, 0) is 11.6 Å². The highest BCUT2D eigenvalue weighted by Crippen LogP contribution is 2.24. The summed E-state index contributed by atoms with van der Waals surface area (Å²) in [5, 5.41) is 0.794. The number of ether oxygens (including phenoxy) is 1. The van der Waals surface area contributed by atoms with E-state index in [0.29, 0.717) is 25.3 Å². The second-order valence-corrected chi connectivity index (χ2v) is 6.49. The van der Waals surface area contributed by atoms with E-state index in [9.17, 15) is 9.59 Å². The summed E-state index contributed by atoms with van der Waals surface area (Å²) in [6.45, 7) is 1.48. The van der Waals surface area contributed by atoms with Crippen LogP contribution in [0.25, 0.3) is 10.9 Å². The van der Waals surface area contributed by atoms with Crippen LogP contribution in [0, 0.1) is 0 Å². The fourth-order valence-electron chi connectivity index (χ4n) is 3.46. The summed E-state index contributed by atoms with van der Waals surface area (Å²) in [7, 11) is 1.72. The summed E-state index contributed by atoms with van der Waals surface area (Å²) in [5.41, 5.74) is 2.09. The molecule has 2 heterocycles. The number of carbonyl (C=O) groups is 1. The maximum absolute atomic E-state index is 13.2. The largest absolute Gasteiger partial charge is 0.370 e. The molecular weight excluding hydrogens is 328 g/mol. The molecule has 0 bridgehead atoms. The third-order valence-electron chi connectivity index (χ3n) is 4.91. The predicted molar refractivity (Wildman–Crippen MR) is 100 cm³/mol. The Balaban J connectivity index is 1.69. The zero-order chi connectivity index (χ0) is 18.1. The van der Waals surface area contributed by atoms with Crippen LogP contribution in [0.1, 0.15) is 22.0 Å². The van der Waals surface area contributed by atoms with Gasteiger partial charge in [-0.3, -0.25) is 9.59 Å². The number of fused-ring (bicyclic) bond motifs is 1. The van der Waals surface area contributed by atoms with Crippen molar-refractivity contribution in [1.82, 2.24) is 9.47 Å². The van der Waals surface area contributed by atoms with Crippen molar-refractivity contribution < 1.29 is 9.53 Å². The second kappa shape index (κ2) is 6.77. The van der Waals surface area contributed by atoms with Crippen LogP contribution in [-0.2, 0) is 11.8 Å². The van der Waals surface area contributed by atoms with Gasteiger partial charge in [-0.2, -0.15) is 0 Å². The standard InChI is InChI=1S/C21H20N2O3/c1-22-18-10-6-5-9-16(18)17(13-20(22)24)21(25)23-11-12-26-19(14-23)15-7-3-2-4-8-15/h2-10,13,19H,11-12,14H2,1H3. The lowest BCUT2D eigenvalue weighted by molar-refractivity contribution is -0.0227. The molecule has 0 N–H and O–H groups in total. The summed E-state index contributed by atoms with van der Waals surface area (Å²) in [4.78, 5) is 27.3. The maximum atomic E-state index is 13.2. The zero-order valence-corrected chi connectivity index (χ0v) is 14.6. The normalized spacial score (nSPS) is 17.4. The van der Waals surface area contributed by atoms with Crippen molar-refractivity contribution in [2.45, 2.75) is 6.10 Å². The van der Waals surface area contributed by atoms with E-state index in [2.05, 4.69) is 0 Å². The number of aryl methyl sites for hydroxylation is 1. The number of hydrogen-bond donors (Lipinski definition) is 0. The number of aromatic nitrogens is 1. The second-order valence-electron chi connectivity index (χ2n) is 6.49. The highest BCUT2D eigenvalue weighted by atomic mass is 16.5. The Morgan fingerprint density at radius 2 is 1.81 bits per heavy atom. The topological polar surface area (TPSA) is 51.5 Å². The Morgan fingerprint density at radius 1 is 1.08 bits per heavy atom. The Kier molecular flexibility index (Phi) is 4.31. The van der Waals surface area contributed by atoms with E-state index in [-0.39, 0.29) is 17.6 Å². The van der Waals surface area contributed by atoms with Gasteiger partial charge in [0.05, 0.1) is 24.2 Å². The molecule has 2 aromatic carbocycles. The van der Waals surface area contributed by atoms with Gasteiger partial charge in [0.15, 0.2) is 0 Å². The molecule has 1 aliphatic rings. The van der Waals surface area contributed by atoms with Crippen LogP contribution in [-0.4, -0.2) is 35.1 Å². The molecular formula is C21H20N2O3. The van der Waals surface area contributed by atoms with Crippen LogP contribution >= 0.6 is 0 Å². The van der Waals surface area contributed by atoms with Gasteiger partial charge < -0.3 is 14.2 Å². The molecule has 0 spiro atoms. The summed E-state index contributed by atoms with van der Waals surface area (Å²) in [5.74, 6) is -0.122. The van der Waals surface area contributed by atoms with Crippen molar-refractivity contribution in [3.8, 4) is 0 Å². The first kappa shape index (κ1) is 16.5. The SMILES string of the molecule is Cn1c(=O)cc(C(=O)N2CCOC(c3ccccc3)C2)c2ccccc21. The van der Waals surface area contributed by atoms with Crippen molar-refractivity contribution in [3.05, 3.63) is 82.1 Å². The van der Waals surface area contributed by atoms with Gasteiger partial charge in [-0.25, -0.2) is 0 Å². The predicted octanol–water partition coefficient (Wildman–Crippen LogP) is 2.75. The minimum Gasteiger partial charge on any atom is -0.370 e. The van der Waals surface area contributed by atoms with Gasteiger partial charge in [-0.1, -0.05) is 48.5 Å². The molecule has 26 heavy (non-hydrogen) atoms. The molecule has 4 rings (SSSR count). The number of rotatable bonds is 2. The molecule has 0 saturated carbocycles. The molecule has 132 valence electrons. The molecule has 0 radical (unpaired) electrons. The van der Waals surface area contributed by atoms with E-state index in [1.807, 2.05) is 54.6 Å². The van der Waals surface area contributed by atoms with Crippen molar-refractivity contribution in [2.75, 3.05) is 19.7 Å². The van der Waals surface area contributed by atoms with Crippen molar-refractivity contribution >= 4 is 16.8 Å². The first-order chi connectivity index (χ1) is 12.6. The summed E-state index contributed by atoms with van der Waals surface area (Å²) >= 11 is 0. The molecule has 0 aliphatic carbocycles. The molecule has 1 saturated heterocycles. The minimum absolute atomic E-state index is 0.122. The van der Waals surface area contributed by atoms with Crippen molar-refractivity contribution in [2.24, 2.45) is 7.05 Å². The summed E-state index contributed by atoms with van der Waals surface area (Å²) in [6.07, 6.45) is -0.147. The molecule has 1 amide bonds. The van der Waals surface area contributed by atoms with Gasteiger partial charge in [0, 0.05) is 25.0 Å². The number of benzene rings is 2. The zero-order valence-electron chi connectivity index (χ0n) is 14.6. The highest BCUT2D eigenvalue weighted by molar-refractivity contribution is 6.06. The highest BCUT2D eigenvalue weighted by Gasteiger charge is 2.27. The Morgan fingerprint density at radius 3 is 2.62 bits per heavy atom. The Hall–Kier alpha value is -2.92. The van der Waals surface area contributed by atoms with Gasteiger partial charge in [0.25, 0.3) is 11.5 Å². The van der Waals surface area contributed by atoms with E-state index >= 15 is 0 Å². The molecule has 1 aliphatic heterocycles. The number of hydrogen-bond acceptors (Lipinski definition) is 3.